The zero-order valence-corrected chi connectivity index (χ0v) is 10.1. The molecule has 0 fully saturated rings. The third kappa shape index (κ3) is 2.87. The molecule has 90 valence electrons. The first-order valence-corrected chi connectivity index (χ1v) is 5.91. The van der Waals surface area contributed by atoms with Gasteiger partial charge in [0, 0.05) is 18.2 Å². The highest BCUT2D eigenvalue weighted by molar-refractivity contribution is 5.94. The van der Waals surface area contributed by atoms with Crippen molar-refractivity contribution in [3.05, 3.63) is 35.9 Å². The fourth-order valence-corrected chi connectivity index (χ4v) is 1.73. The molecule has 0 unspecified atom stereocenters. The number of hydrogen-bond donors (Lipinski definition) is 1. The summed E-state index contributed by atoms with van der Waals surface area (Å²) in [7, 11) is 0. The monoisotopic (exact) mass is 231 g/mol. The molecule has 1 heterocycles. The number of fused-ring (bicyclic) bond motifs is 1. The Kier molecular flexibility index (Phi) is 3.47. The van der Waals surface area contributed by atoms with Gasteiger partial charge in [0.05, 0.1) is 0 Å². The molecule has 1 amide bonds. The molecule has 0 spiro atoms. The zero-order valence-electron chi connectivity index (χ0n) is 10.1. The summed E-state index contributed by atoms with van der Waals surface area (Å²) in [5, 5.41) is 2.86. The maximum atomic E-state index is 11.3. The molecule has 1 aromatic carbocycles. The van der Waals surface area contributed by atoms with Gasteiger partial charge in [-0.1, -0.05) is 19.6 Å². The van der Waals surface area contributed by atoms with Crippen LogP contribution in [0.1, 0.15) is 25.3 Å². The third-order valence-corrected chi connectivity index (χ3v) is 2.92. The highest BCUT2D eigenvalue weighted by Crippen LogP contribution is 2.27. The molecule has 0 atom stereocenters. The van der Waals surface area contributed by atoms with Crippen LogP contribution in [0.15, 0.2) is 30.4 Å². The molecule has 3 nitrogen and oxygen atoms in total. The average molecular weight is 231 g/mol. The van der Waals surface area contributed by atoms with Crippen LogP contribution in [0.25, 0.3) is 0 Å². The molecule has 17 heavy (non-hydrogen) atoms. The molecular weight excluding hydrogens is 214 g/mol. The van der Waals surface area contributed by atoms with E-state index in [1.807, 2.05) is 18.2 Å². The normalized spacial score (nSPS) is 13.8. The van der Waals surface area contributed by atoms with Gasteiger partial charge in [-0.2, -0.15) is 0 Å². The smallest absolute Gasteiger partial charge is 0.224 e. The Morgan fingerprint density at radius 3 is 3.06 bits per heavy atom. The minimum absolute atomic E-state index is 0.0765. The molecular formula is C14H17NO2. The number of aryl methyl sites for hydroxylation is 1. The Hall–Kier alpha value is -1.77. The molecule has 3 heteroatoms. The molecule has 0 aliphatic carbocycles. The van der Waals surface area contributed by atoms with Crippen LogP contribution in [0.5, 0.6) is 5.75 Å². The number of nitrogens with one attached hydrogen (secondary N) is 1. The van der Waals surface area contributed by atoms with E-state index in [4.69, 9.17) is 4.74 Å². The van der Waals surface area contributed by atoms with Crippen molar-refractivity contribution in [1.29, 1.82) is 0 Å². The number of amides is 1. The lowest BCUT2D eigenvalue weighted by atomic mass is 10.0. The van der Waals surface area contributed by atoms with Crippen molar-refractivity contribution in [2.75, 3.05) is 11.9 Å². The second-order valence-electron chi connectivity index (χ2n) is 4.26. The molecule has 0 radical (unpaired) electrons. The van der Waals surface area contributed by atoms with Crippen LogP contribution in [0.4, 0.5) is 5.69 Å². The van der Waals surface area contributed by atoms with Crippen molar-refractivity contribution in [3.8, 4) is 5.75 Å². The van der Waals surface area contributed by atoms with Crippen LogP contribution in [-0.2, 0) is 11.2 Å². The second-order valence-corrected chi connectivity index (χ2v) is 4.26. The standard InChI is InChI=1S/C14H17NO2/c1-3-10(2)9-17-12-6-4-11-5-7-14(16)15-13(11)8-12/h4,6,8H,2-3,5,7,9H2,1H3,(H,15,16). The first kappa shape index (κ1) is 11.7. The number of carbonyl (C=O) groups excluding carboxylic acids is 1. The largest absolute Gasteiger partial charge is 0.489 e. The quantitative estimate of drug-likeness (QED) is 0.809. The lowest BCUT2D eigenvalue weighted by Gasteiger charge is -2.17. The Morgan fingerprint density at radius 1 is 1.47 bits per heavy atom. The van der Waals surface area contributed by atoms with Gasteiger partial charge < -0.3 is 10.1 Å². The van der Waals surface area contributed by atoms with Crippen molar-refractivity contribution < 1.29 is 9.53 Å². The molecule has 0 saturated carbocycles. The molecule has 1 aromatic rings. The predicted molar refractivity (Wildman–Crippen MR) is 68.3 cm³/mol. The Bertz CT molecular complexity index is 452. The van der Waals surface area contributed by atoms with Crippen molar-refractivity contribution in [2.24, 2.45) is 0 Å². The van der Waals surface area contributed by atoms with Gasteiger partial charge in [0.15, 0.2) is 0 Å². The third-order valence-electron chi connectivity index (χ3n) is 2.92. The van der Waals surface area contributed by atoms with Crippen LogP contribution in [-0.4, -0.2) is 12.5 Å². The van der Waals surface area contributed by atoms with Crippen molar-refractivity contribution in [2.45, 2.75) is 26.2 Å². The molecule has 1 aliphatic rings. The summed E-state index contributed by atoms with van der Waals surface area (Å²) in [6.07, 6.45) is 2.30. The second kappa shape index (κ2) is 5.04. The van der Waals surface area contributed by atoms with E-state index in [2.05, 4.69) is 18.8 Å². The lowest BCUT2D eigenvalue weighted by Crippen LogP contribution is -2.18. The molecule has 0 bridgehead atoms. The van der Waals surface area contributed by atoms with Gasteiger partial charge in [0.2, 0.25) is 5.91 Å². The first-order chi connectivity index (χ1) is 8.19. The summed E-state index contributed by atoms with van der Waals surface area (Å²) in [5.74, 6) is 0.855. The first-order valence-electron chi connectivity index (χ1n) is 5.91. The van der Waals surface area contributed by atoms with E-state index in [0.29, 0.717) is 13.0 Å². The summed E-state index contributed by atoms with van der Waals surface area (Å²) in [4.78, 5) is 11.3. The van der Waals surface area contributed by atoms with Crippen LogP contribution in [0, 0.1) is 0 Å². The van der Waals surface area contributed by atoms with Gasteiger partial charge in [0.1, 0.15) is 12.4 Å². The SMILES string of the molecule is C=C(CC)COc1ccc2c(c1)NC(=O)CC2. The highest BCUT2D eigenvalue weighted by Gasteiger charge is 2.14. The van der Waals surface area contributed by atoms with Crippen LogP contribution < -0.4 is 10.1 Å². The molecule has 1 N–H and O–H groups in total. The summed E-state index contributed by atoms with van der Waals surface area (Å²) in [5.41, 5.74) is 3.11. The maximum Gasteiger partial charge on any atom is 0.224 e. The Labute approximate surface area is 101 Å². The Balaban J connectivity index is 2.07. The van der Waals surface area contributed by atoms with E-state index in [1.54, 1.807) is 0 Å². The number of ether oxygens (including phenoxy) is 1. The Morgan fingerprint density at radius 2 is 2.29 bits per heavy atom. The average Bonchev–Trinajstić information content (AvgIpc) is 2.35. The van der Waals surface area contributed by atoms with E-state index in [1.165, 1.54) is 5.56 Å². The number of benzene rings is 1. The van der Waals surface area contributed by atoms with Gasteiger partial charge in [-0.15, -0.1) is 0 Å². The number of carbonyl (C=O) groups is 1. The molecule has 1 aliphatic heterocycles. The molecule has 2 rings (SSSR count). The number of rotatable bonds is 4. The zero-order chi connectivity index (χ0) is 12.3. The van der Waals surface area contributed by atoms with Crippen molar-refractivity contribution in [1.82, 2.24) is 0 Å². The fourth-order valence-electron chi connectivity index (χ4n) is 1.73. The van der Waals surface area contributed by atoms with Crippen molar-refractivity contribution in [3.63, 3.8) is 0 Å². The van der Waals surface area contributed by atoms with E-state index in [9.17, 15) is 4.79 Å². The summed E-state index contributed by atoms with van der Waals surface area (Å²) in [6.45, 7) is 6.48. The van der Waals surface area contributed by atoms with E-state index >= 15 is 0 Å². The van der Waals surface area contributed by atoms with E-state index < -0.39 is 0 Å². The topological polar surface area (TPSA) is 38.3 Å². The minimum atomic E-state index is 0.0765. The highest BCUT2D eigenvalue weighted by atomic mass is 16.5. The van der Waals surface area contributed by atoms with Crippen LogP contribution >= 0.6 is 0 Å². The van der Waals surface area contributed by atoms with Gasteiger partial charge in [-0.3, -0.25) is 4.79 Å². The van der Waals surface area contributed by atoms with Gasteiger partial charge >= 0.3 is 0 Å². The number of anilines is 1. The van der Waals surface area contributed by atoms with Gasteiger partial charge in [-0.05, 0) is 30.0 Å². The summed E-state index contributed by atoms with van der Waals surface area (Å²) in [6, 6.07) is 5.84. The fraction of sp³-hybridized carbons (Fsp3) is 0.357. The molecule has 0 saturated heterocycles. The van der Waals surface area contributed by atoms with E-state index in [-0.39, 0.29) is 5.91 Å². The van der Waals surface area contributed by atoms with Gasteiger partial charge in [0.25, 0.3) is 0 Å². The van der Waals surface area contributed by atoms with E-state index in [0.717, 1.165) is 29.9 Å². The predicted octanol–water partition coefficient (Wildman–Crippen LogP) is 2.92. The van der Waals surface area contributed by atoms with Crippen LogP contribution in [0.3, 0.4) is 0 Å². The lowest BCUT2D eigenvalue weighted by molar-refractivity contribution is -0.116. The van der Waals surface area contributed by atoms with Crippen molar-refractivity contribution >= 4 is 11.6 Å². The molecule has 0 aromatic heterocycles. The van der Waals surface area contributed by atoms with Gasteiger partial charge in [-0.25, -0.2) is 0 Å². The summed E-state index contributed by atoms with van der Waals surface area (Å²) < 4.78 is 5.61. The minimum Gasteiger partial charge on any atom is -0.489 e. The maximum absolute atomic E-state index is 11.3. The van der Waals surface area contributed by atoms with Crippen LogP contribution in [0.2, 0.25) is 0 Å². The summed E-state index contributed by atoms with van der Waals surface area (Å²) >= 11 is 0. The number of hydrogen-bond acceptors (Lipinski definition) is 2.